The monoisotopic (exact) mass is 818 g/mol. The van der Waals surface area contributed by atoms with Crippen LogP contribution in [-0.2, 0) is 5.41 Å². The lowest BCUT2D eigenvalue weighted by Crippen LogP contribution is -2.28. The highest BCUT2D eigenvalue weighted by Crippen LogP contribution is 2.59. The Balaban J connectivity index is 1.07. The van der Waals surface area contributed by atoms with Crippen molar-refractivity contribution in [1.29, 1.82) is 0 Å². The molecule has 0 aliphatic heterocycles. The summed E-state index contributed by atoms with van der Waals surface area (Å²) in [5, 5.41) is 2.44. The highest BCUT2D eigenvalue weighted by molar-refractivity contribution is 6.10. The Morgan fingerprint density at radius 3 is 1.84 bits per heavy atom. The third-order valence-corrected chi connectivity index (χ3v) is 12.9. The normalized spacial score (nSPS) is 14.3. The molecule has 1 heterocycles. The molecule has 2 nitrogen and oxygen atoms in total. The van der Waals surface area contributed by atoms with Crippen molar-refractivity contribution in [3.63, 3.8) is 0 Å². The first-order chi connectivity index (χ1) is 31.6. The van der Waals surface area contributed by atoms with E-state index in [2.05, 4.69) is 258 Å². The molecule has 1 aromatic heterocycles. The van der Waals surface area contributed by atoms with E-state index in [1.54, 1.807) is 0 Å². The molecule has 9 aromatic carbocycles. The Kier molecular flexibility index (Phi) is 9.83. The molecule has 0 spiro atoms. The number of fused-ring (bicyclic) bond motifs is 6. The van der Waals surface area contributed by atoms with Gasteiger partial charge in [0.1, 0.15) is 0 Å². The number of hydrogen-bond donors (Lipinski definition) is 0. The fourth-order valence-corrected chi connectivity index (χ4v) is 10.1. The van der Waals surface area contributed by atoms with Gasteiger partial charge in [-0.05, 0) is 129 Å². The lowest BCUT2D eigenvalue weighted by atomic mass is 9.67. The smallest absolute Gasteiger partial charge is 0.0708 e. The van der Waals surface area contributed by atoms with Gasteiger partial charge in [-0.1, -0.05) is 189 Å². The van der Waals surface area contributed by atoms with Crippen molar-refractivity contribution in [3.05, 3.63) is 278 Å². The summed E-state index contributed by atoms with van der Waals surface area (Å²) >= 11 is 0. The number of aromatic nitrogens is 1. The maximum atomic E-state index is 4.87. The van der Waals surface area contributed by atoms with Crippen molar-refractivity contribution in [2.75, 3.05) is 4.90 Å². The fourth-order valence-electron chi connectivity index (χ4n) is 10.1. The van der Waals surface area contributed by atoms with E-state index in [1.807, 2.05) is 6.92 Å². The highest BCUT2D eigenvalue weighted by atomic mass is 15.1. The Labute approximate surface area is 375 Å². The van der Waals surface area contributed by atoms with E-state index < -0.39 is 5.41 Å². The average molecular weight is 819 g/mol. The molecule has 1 aliphatic rings. The van der Waals surface area contributed by atoms with E-state index in [0.29, 0.717) is 0 Å². The lowest BCUT2D eigenvalue weighted by Gasteiger charge is -2.34. The third kappa shape index (κ3) is 6.34. The summed E-state index contributed by atoms with van der Waals surface area (Å²) in [7, 11) is 0. The van der Waals surface area contributed by atoms with Gasteiger partial charge in [0.05, 0.1) is 16.4 Å². The van der Waals surface area contributed by atoms with E-state index in [1.165, 1.54) is 66.3 Å². The summed E-state index contributed by atoms with van der Waals surface area (Å²) in [5.74, 6) is 0. The molecule has 64 heavy (non-hydrogen) atoms. The molecule has 0 fully saturated rings. The van der Waals surface area contributed by atoms with Gasteiger partial charge < -0.3 is 9.47 Å². The molecule has 0 amide bonds. The Hall–Kier alpha value is -8.20. The van der Waals surface area contributed by atoms with Gasteiger partial charge in [0.25, 0.3) is 0 Å². The van der Waals surface area contributed by atoms with Crippen molar-refractivity contribution in [2.45, 2.75) is 12.3 Å². The minimum absolute atomic E-state index is 0.614. The summed E-state index contributed by atoms with van der Waals surface area (Å²) in [5.41, 5.74) is 18.1. The number of allylic oxidation sites excluding steroid dienone is 5. The lowest BCUT2D eigenvalue weighted by molar-refractivity contribution is 0.770. The van der Waals surface area contributed by atoms with Crippen LogP contribution in [0.1, 0.15) is 23.6 Å². The minimum atomic E-state index is -0.614. The number of anilines is 3. The zero-order valence-corrected chi connectivity index (χ0v) is 35.8. The SMILES string of the molecule is C=C(/C=C\C=C/C)[C@]1(c2ccccc2)c2cc(-c3ccccc3)ccc2-c2c(-c3ccc(N(c4ccccc4)c4ccc5c(c4)c4ccccc4n5-c4ccccc4)cc3)cccc21. The maximum Gasteiger partial charge on any atom is 0.0708 e. The van der Waals surface area contributed by atoms with E-state index in [0.717, 1.165) is 33.9 Å². The Morgan fingerprint density at radius 2 is 1.09 bits per heavy atom. The van der Waals surface area contributed by atoms with Crippen LogP contribution in [0.15, 0.2) is 261 Å². The highest BCUT2D eigenvalue weighted by Gasteiger charge is 2.47. The van der Waals surface area contributed by atoms with Crippen LogP contribution in [0.4, 0.5) is 17.1 Å². The number of nitrogens with zero attached hydrogens (tertiary/aromatic N) is 2. The molecule has 0 radical (unpaired) electrons. The van der Waals surface area contributed by atoms with Crippen LogP contribution in [0.5, 0.6) is 0 Å². The third-order valence-electron chi connectivity index (χ3n) is 12.9. The van der Waals surface area contributed by atoms with Crippen LogP contribution < -0.4 is 4.90 Å². The maximum absolute atomic E-state index is 4.87. The van der Waals surface area contributed by atoms with Crippen molar-refractivity contribution in [2.24, 2.45) is 0 Å². The van der Waals surface area contributed by atoms with E-state index in [9.17, 15) is 0 Å². The zero-order chi connectivity index (χ0) is 43.0. The Bertz CT molecular complexity index is 3380. The minimum Gasteiger partial charge on any atom is -0.310 e. The first-order valence-electron chi connectivity index (χ1n) is 22.1. The molecule has 11 rings (SSSR count). The van der Waals surface area contributed by atoms with Crippen LogP contribution in [0.25, 0.3) is 60.9 Å². The molecule has 1 aliphatic carbocycles. The molecule has 304 valence electrons. The molecule has 0 saturated carbocycles. The van der Waals surface area contributed by atoms with Crippen LogP contribution in [0.2, 0.25) is 0 Å². The summed E-state index contributed by atoms with van der Waals surface area (Å²) in [6, 6.07) is 81.6. The molecular formula is C62H46N2. The van der Waals surface area contributed by atoms with Gasteiger partial charge in [-0.3, -0.25) is 0 Å². The standard InChI is InChI=1S/C62H46N2/c1-3-4-9-21-44(2)62(48-24-12-6-13-25-48)57-32-20-31-53(61(57)55-40-36-47(42-58(55)62)45-22-10-5-11-23-45)46-34-37-51(38-35-46)63(49-26-14-7-15-27-49)52-39-41-60-56(43-52)54-30-18-19-33-59(54)64(60)50-28-16-8-17-29-50/h3-43H,2H2,1H3/b4-3-,21-9-/t62-/m1/s1. The summed E-state index contributed by atoms with van der Waals surface area (Å²) in [6.07, 6.45) is 8.45. The van der Waals surface area contributed by atoms with Crippen molar-refractivity contribution in [1.82, 2.24) is 4.57 Å². The van der Waals surface area contributed by atoms with E-state index in [-0.39, 0.29) is 0 Å². The van der Waals surface area contributed by atoms with Gasteiger partial charge in [-0.15, -0.1) is 0 Å². The largest absolute Gasteiger partial charge is 0.310 e. The van der Waals surface area contributed by atoms with Crippen molar-refractivity contribution in [3.8, 4) is 39.1 Å². The van der Waals surface area contributed by atoms with Gasteiger partial charge in [-0.2, -0.15) is 0 Å². The summed E-state index contributed by atoms with van der Waals surface area (Å²) in [6.45, 7) is 6.92. The van der Waals surface area contributed by atoms with Crippen LogP contribution in [0, 0.1) is 0 Å². The first-order valence-corrected chi connectivity index (χ1v) is 22.1. The van der Waals surface area contributed by atoms with Crippen LogP contribution in [-0.4, -0.2) is 4.57 Å². The van der Waals surface area contributed by atoms with E-state index >= 15 is 0 Å². The number of rotatable bonds is 10. The van der Waals surface area contributed by atoms with E-state index in [4.69, 9.17) is 6.58 Å². The van der Waals surface area contributed by atoms with Gasteiger partial charge in [-0.25, -0.2) is 0 Å². The summed E-state index contributed by atoms with van der Waals surface area (Å²) in [4.78, 5) is 2.37. The number of benzene rings is 9. The predicted octanol–water partition coefficient (Wildman–Crippen LogP) is 16.6. The molecule has 1 atom stereocenters. The van der Waals surface area contributed by atoms with Crippen molar-refractivity contribution >= 4 is 38.9 Å². The average Bonchev–Trinajstić information content (AvgIpc) is 3.86. The van der Waals surface area contributed by atoms with Gasteiger partial charge in [0.15, 0.2) is 0 Å². The summed E-state index contributed by atoms with van der Waals surface area (Å²) < 4.78 is 2.37. The van der Waals surface area contributed by atoms with Gasteiger partial charge in [0, 0.05) is 33.5 Å². The fraction of sp³-hybridized carbons (Fsp3) is 0.0323. The predicted molar refractivity (Wildman–Crippen MR) is 271 cm³/mol. The van der Waals surface area contributed by atoms with Crippen LogP contribution >= 0.6 is 0 Å². The molecular weight excluding hydrogens is 773 g/mol. The first kappa shape index (κ1) is 38.7. The second kappa shape index (κ2) is 16.2. The zero-order valence-electron chi connectivity index (χ0n) is 35.8. The Morgan fingerprint density at radius 1 is 0.469 bits per heavy atom. The second-order valence-electron chi connectivity index (χ2n) is 16.5. The molecule has 0 bridgehead atoms. The topological polar surface area (TPSA) is 8.17 Å². The number of hydrogen-bond acceptors (Lipinski definition) is 1. The van der Waals surface area contributed by atoms with Crippen LogP contribution in [0.3, 0.4) is 0 Å². The second-order valence-corrected chi connectivity index (χ2v) is 16.5. The van der Waals surface area contributed by atoms with Crippen molar-refractivity contribution < 1.29 is 0 Å². The van der Waals surface area contributed by atoms with Gasteiger partial charge >= 0.3 is 0 Å². The molecule has 10 aromatic rings. The molecule has 0 unspecified atom stereocenters. The quantitative estimate of drug-likeness (QED) is 0.125. The number of para-hydroxylation sites is 3. The molecule has 0 saturated heterocycles. The molecule has 0 N–H and O–H groups in total. The molecule has 2 heteroatoms. The van der Waals surface area contributed by atoms with Gasteiger partial charge in [0.2, 0.25) is 0 Å².